The molecule has 1 atom stereocenters. The van der Waals surface area contributed by atoms with Crippen molar-refractivity contribution in [2.24, 2.45) is 4.99 Å². The SMILES string of the molecule is COCC(C)NC(=NCCc1ccco1)NC1CCCC1. The summed E-state index contributed by atoms with van der Waals surface area (Å²) in [5.74, 6) is 1.86. The van der Waals surface area contributed by atoms with E-state index in [-0.39, 0.29) is 6.04 Å². The molecular weight excluding hydrogens is 266 g/mol. The van der Waals surface area contributed by atoms with Gasteiger partial charge in [-0.2, -0.15) is 0 Å². The third-order valence-electron chi connectivity index (χ3n) is 3.70. The van der Waals surface area contributed by atoms with Crippen LogP contribution in [-0.2, 0) is 11.2 Å². The molecular formula is C16H27N3O2. The molecule has 1 aliphatic rings. The van der Waals surface area contributed by atoms with E-state index in [0.29, 0.717) is 12.6 Å². The van der Waals surface area contributed by atoms with Crippen molar-refractivity contribution in [3.8, 4) is 0 Å². The van der Waals surface area contributed by atoms with Crippen LogP contribution < -0.4 is 10.6 Å². The number of nitrogens with zero attached hydrogens (tertiary/aromatic N) is 1. The zero-order chi connectivity index (χ0) is 14.9. The zero-order valence-electron chi connectivity index (χ0n) is 13.1. The molecule has 2 N–H and O–H groups in total. The maximum absolute atomic E-state index is 5.34. The van der Waals surface area contributed by atoms with Gasteiger partial charge in [-0.25, -0.2) is 0 Å². The highest BCUT2D eigenvalue weighted by molar-refractivity contribution is 5.80. The molecule has 1 heterocycles. The average Bonchev–Trinajstić information content (AvgIpc) is 3.12. The van der Waals surface area contributed by atoms with Gasteiger partial charge in [-0.1, -0.05) is 12.8 Å². The Morgan fingerprint density at radius 2 is 2.29 bits per heavy atom. The first kappa shape index (κ1) is 15.9. The van der Waals surface area contributed by atoms with Crippen LogP contribution in [0.15, 0.2) is 27.8 Å². The minimum atomic E-state index is 0.242. The topological polar surface area (TPSA) is 58.8 Å². The zero-order valence-corrected chi connectivity index (χ0v) is 13.1. The summed E-state index contributed by atoms with van der Waals surface area (Å²) in [6.07, 6.45) is 7.61. The predicted octanol–water partition coefficient (Wildman–Crippen LogP) is 2.33. The molecule has 1 saturated carbocycles. The predicted molar refractivity (Wildman–Crippen MR) is 84.6 cm³/mol. The molecule has 5 heteroatoms. The normalized spacial score (nSPS) is 17.9. The second-order valence-electron chi connectivity index (χ2n) is 5.69. The molecule has 1 aliphatic carbocycles. The van der Waals surface area contributed by atoms with Gasteiger partial charge in [0.05, 0.1) is 12.9 Å². The molecule has 0 aromatic carbocycles. The van der Waals surface area contributed by atoms with Crippen LogP contribution in [0.25, 0.3) is 0 Å². The van der Waals surface area contributed by atoms with Crippen LogP contribution >= 0.6 is 0 Å². The molecule has 118 valence electrons. The van der Waals surface area contributed by atoms with Crippen molar-refractivity contribution < 1.29 is 9.15 Å². The molecule has 2 rings (SSSR count). The lowest BCUT2D eigenvalue weighted by atomic mass is 10.2. The molecule has 0 aliphatic heterocycles. The number of ether oxygens (including phenoxy) is 1. The molecule has 1 fully saturated rings. The van der Waals surface area contributed by atoms with Crippen LogP contribution in [0.5, 0.6) is 0 Å². The lowest BCUT2D eigenvalue weighted by molar-refractivity contribution is 0.179. The fourth-order valence-electron chi connectivity index (χ4n) is 2.65. The smallest absolute Gasteiger partial charge is 0.191 e. The van der Waals surface area contributed by atoms with Crippen molar-refractivity contribution in [3.63, 3.8) is 0 Å². The third-order valence-corrected chi connectivity index (χ3v) is 3.70. The van der Waals surface area contributed by atoms with E-state index in [1.54, 1.807) is 13.4 Å². The number of guanidine groups is 1. The third kappa shape index (κ3) is 5.79. The van der Waals surface area contributed by atoms with Crippen molar-refractivity contribution in [1.82, 2.24) is 10.6 Å². The number of hydrogen-bond donors (Lipinski definition) is 2. The summed E-state index contributed by atoms with van der Waals surface area (Å²) in [6.45, 7) is 3.49. The van der Waals surface area contributed by atoms with E-state index in [1.165, 1.54) is 25.7 Å². The Hall–Kier alpha value is -1.49. The van der Waals surface area contributed by atoms with Crippen LogP contribution in [0.2, 0.25) is 0 Å². The fourth-order valence-corrected chi connectivity index (χ4v) is 2.65. The lowest BCUT2D eigenvalue weighted by Crippen LogP contribution is -2.47. The maximum Gasteiger partial charge on any atom is 0.191 e. The van der Waals surface area contributed by atoms with E-state index < -0.39 is 0 Å². The van der Waals surface area contributed by atoms with E-state index in [0.717, 1.165) is 24.7 Å². The lowest BCUT2D eigenvalue weighted by Gasteiger charge is -2.21. The molecule has 1 aromatic rings. The summed E-state index contributed by atoms with van der Waals surface area (Å²) in [6, 6.07) is 4.69. The number of furan rings is 1. The summed E-state index contributed by atoms with van der Waals surface area (Å²) >= 11 is 0. The van der Waals surface area contributed by atoms with Gasteiger partial charge in [0.2, 0.25) is 0 Å². The quantitative estimate of drug-likeness (QED) is 0.598. The van der Waals surface area contributed by atoms with Crippen LogP contribution in [0.1, 0.15) is 38.4 Å². The van der Waals surface area contributed by atoms with Gasteiger partial charge >= 0.3 is 0 Å². The van der Waals surface area contributed by atoms with Gasteiger partial charge in [0.25, 0.3) is 0 Å². The van der Waals surface area contributed by atoms with Crippen molar-refractivity contribution in [3.05, 3.63) is 24.2 Å². The first-order valence-corrected chi connectivity index (χ1v) is 7.86. The van der Waals surface area contributed by atoms with Gasteiger partial charge in [-0.05, 0) is 31.9 Å². The van der Waals surface area contributed by atoms with Crippen molar-refractivity contribution in [1.29, 1.82) is 0 Å². The summed E-state index contributed by atoms with van der Waals surface area (Å²) < 4.78 is 10.5. The monoisotopic (exact) mass is 293 g/mol. The van der Waals surface area contributed by atoms with Gasteiger partial charge in [-0.3, -0.25) is 4.99 Å². The Kier molecular flexibility index (Phi) is 6.60. The van der Waals surface area contributed by atoms with Gasteiger partial charge in [-0.15, -0.1) is 0 Å². The molecule has 0 saturated heterocycles. The first-order chi connectivity index (χ1) is 10.3. The Balaban J connectivity index is 1.85. The molecule has 0 radical (unpaired) electrons. The molecule has 1 unspecified atom stereocenters. The molecule has 0 spiro atoms. The summed E-state index contributed by atoms with van der Waals surface area (Å²) in [7, 11) is 1.72. The van der Waals surface area contributed by atoms with E-state index in [1.807, 2.05) is 12.1 Å². The summed E-state index contributed by atoms with van der Waals surface area (Å²) in [5.41, 5.74) is 0. The standard InChI is InChI=1S/C16H27N3O2/c1-13(12-20-2)18-16(19-14-6-3-4-7-14)17-10-9-15-8-5-11-21-15/h5,8,11,13-14H,3-4,6-7,9-10,12H2,1-2H3,(H2,17,18,19). The number of hydrogen-bond acceptors (Lipinski definition) is 3. The second-order valence-corrected chi connectivity index (χ2v) is 5.69. The van der Waals surface area contributed by atoms with Crippen molar-refractivity contribution in [2.45, 2.75) is 51.1 Å². The van der Waals surface area contributed by atoms with Gasteiger partial charge in [0.15, 0.2) is 5.96 Å². The van der Waals surface area contributed by atoms with E-state index in [2.05, 4.69) is 22.5 Å². The molecule has 0 bridgehead atoms. The summed E-state index contributed by atoms with van der Waals surface area (Å²) in [4.78, 5) is 4.66. The van der Waals surface area contributed by atoms with Gasteiger partial charge < -0.3 is 19.8 Å². The maximum atomic E-state index is 5.34. The highest BCUT2D eigenvalue weighted by Gasteiger charge is 2.17. The van der Waals surface area contributed by atoms with Crippen molar-refractivity contribution >= 4 is 5.96 Å². The minimum absolute atomic E-state index is 0.242. The molecule has 21 heavy (non-hydrogen) atoms. The average molecular weight is 293 g/mol. The second kappa shape index (κ2) is 8.72. The Labute approximate surface area is 127 Å². The molecule has 0 amide bonds. The Morgan fingerprint density at radius 1 is 1.48 bits per heavy atom. The van der Waals surface area contributed by atoms with Crippen LogP contribution in [-0.4, -0.2) is 38.3 Å². The minimum Gasteiger partial charge on any atom is -0.469 e. The highest BCUT2D eigenvalue weighted by atomic mass is 16.5. The van der Waals surface area contributed by atoms with Gasteiger partial charge in [0, 0.05) is 32.2 Å². The Morgan fingerprint density at radius 3 is 2.95 bits per heavy atom. The van der Waals surface area contributed by atoms with Crippen molar-refractivity contribution in [2.75, 3.05) is 20.3 Å². The van der Waals surface area contributed by atoms with Crippen LogP contribution in [0, 0.1) is 0 Å². The Bertz CT molecular complexity index is 411. The number of rotatable bonds is 7. The number of aliphatic imine (C=N–C) groups is 1. The van der Waals surface area contributed by atoms with Crippen LogP contribution in [0.4, 0.5) is 0 Å². The molecule has 1 aromatic heterocycles. The molecule has 5 nitrogen and oxygen atoms in total. The van der Waals surface area contributed by atoms with E-state index in [4.69, 9.17) is 9.15 Å². The van der Waals surface area contributed by atoms with Crippen LogP contribution in [0.3, 0.4) is 0 Å². The number of methoxy groups -OCH3 is 1. The summed E-state index contributed by atoms with van der Waals surface area (Å²) in [5, 5.41) is 6.95. The fraction of sp³-hybridized carbons (Fsp3) is 0.688. The van der Waals surface area contributed by atoms with Gasteiger partial charge in [0.1, 0.15) is 5.76 Å². The first-order valence-electron chi connectivity index (χ1n) is 7.86. The number of nitrogens with one attached hydrogen (secondary N) is 2. The largest absolute Gasteiger partial charge is 0.469 e. The van der Waals surface area contributed by atoms with E-state index in [9.17, 15) is 0 Å². The van der Waals surface area contributed by atoms with E-state index >= 15 is 0 Å². The highest BCUT2D eigenvalue weighted by Crippen LogP contribution is 2.17.